The van der Waals surface area contributed by atoms with E-state index >= 15 is 0 Å². The first kappa shape index (κ1) is 32.0. The van der Waals surface area contributed by atoms with E-state index in [-0.39, 0.29) is 11.4 Å². The maximum absolute atomic E-state index is 9.79. The van der Waals surface area contributed by atoms with Gasteiger partial charge in [-0.1, -0.05) is 117 Å². The smallest absolute Gasteiger partial charge is 0.195 e. The lowest BCUT2D eigenvalue weighted by molar-refractivity contribution is 0.608. The van der Waals surface area contributed by atoms with Gasteiger partial charge < -0.3 is 4.90 Å². The molecular formula is C31H34Cl3N7S. The molecule has 0 aliphatic heterocycles. The Morgan fingerprint density at radius 3 is 2.12 bits per heavy atom. The van der Waals surface area contributed by atoms with Crippen molar-refractivity contribution in [3.63, 3.8) is 0 Å². The van der Waals surface area contributed by atoms with Crippen molar-refractivity contribution < 1.29 is 0 Å². The Hall–Kier alpha value is -2.96. The van der Waals surface area contributed by atoms with Crippen molar-refractivity contribution in [1.29, 1.82) is 5.26 Å². The summed E-state index contributed by atoms with van der Waals surface area (Å²) in [6.45, 7) is 6.32. The number of aromatic nitrogens is 3. The van der Waals surface area contributed by atoms with E-state index < -0.39 is 0 Å². The van der Waals surface area contributed by atoms with Gasteiger partial charge in [-0.25, -0.2) is 4.68 Å². The number of benzene rings is 2. The molecule has 220 valence electrons. The Morgan fingerprint density at radius 2 is 1.52 bits per heavy atom. The minimum Gasteiger partial charge on any atom is -0.348 e. The molecule has 2 aromatic heterocycles. The molecule has 0 spiro atoms. The summed E-state index contributed by atoms with van der Waals surface area (Å²) in [5, 5.41) is 25.5. The molecule has 2 heterocycles. The van der Waals surface area contributed by atoms with Crippen molar-refractivity contribution >= 4 is 62.9 Å². The predicted octanol–water partition coefficient (Wildman–Crippen LogP) is 11.2. The number of thiazole rings is 1. The number of unbranched alkanes of at least 4 members (excludes halogenated alkanes) is 6. The van der Waals surface area contributed by atoms with Crippen LogP contribution in [0.3, 0.4) is 0 Å². The first-order valence-electron chi connectivity index (χ1n) is 14.3. The van der Waals surface area contributed by atoms with Gasteiger partial charge in [-0.15, -0.1) is 10.2 Å². The van der Waals surface area contributed by atoms with E-state index in [2.05, 4.69) is 40.1 Å². The fourth-order valence-electron chi connectivity index (χ4n) is 4.52. The lowest BCUT2D eigenvalue weighted by Crippen LogP contribution is -2.25. The number of rotatable bonds is 15. The number of hydrogen-bond acceptors (Lipinski definition) is 7. The van der Waals surface area contributed by atoms with Gasteiger partial charge in [-0.3, -0.25) is 0 Å². The predicted molar refractivity (Wildman–Crippen MR) is 176 cm³/mol. The van der Waals surface area contributed by atoms with Crippen LogP contribution in [0, 0.1) is 11.3 Å². The van der Waals surface area contributed by atoms with E-state index in [0.717, 1.165) is 41.5 Å². The van der Waals surface area contributed by atoms with E-state index in [0.29, 0.717) is 26.6 Å². The summed E-state index contributed by atoms with van der Waals surface area (Å²) in [5.74, 6) is 0.687. The molecule has 0 fully saturated rings. The molecular weight excluding hydrogens is 609 g/mol. The molecule has 42 heavy (non-hydrogen) atoms. The molecule has 0 aliphatic carbocycles. The second-order valence-electron chi connectivity index (χ2n) is 9.94. The SMILES string of the molecule is CCCCCCN(CCCCCC)c1nc(N=Nc2c(C#N)cnn2-c2c(Cl)cccc2Cl)c(-c2ccc(Cl)cc2)s1. The van der Waals surface area contributed by atoms with Crippen molar-refractivity contribution in [2.45, 2.75) is 65.2 Å². The van der Waals surface area contributed by atoms with Gasteiger partial charge in [-0.2, -0.15) is 15.3 Å². The maximum atomic E-state index is 9.79. The van der Waals surface area contributed by atoms with Gasteiger partial charge >= 0.3 is 0 Å². The molecule has 0 radical (unpaired) electrons. The zero-order valence-corrected chi connectivity index (χ0v) is 26.9. The average molecular weight is 643 g/mol. The molecule has 0 saturated heterocycles. The minimum absolute atomic E-state index is 0.222. The van der Waals surface area contributed by atoms with Crippen LogP contribution in [0.1, 0.15) is 70.8 Å². The van der Waals surface area contributed by atoms with Gasteiger partial charge in [0.1, 0.15) is 17.3 Å². The van der Waals surface area contributed by atoms with E-state index in [1.165, 1.54) is 49.4 Å². The zero-order valence-electron chi connectivity index (χ0n) is 23.9. The first-order valence-corrected chi connectivity index (χ1v) is 16.3. The van der Waals surface area contributed by atoms with E-state index in [1.807, 2.05) is 24.3 Å². The molecule has 0 N–H and O–H groups in total. The second kappa shape index (κ2) is 16.0. The molecule has 4 rings (SSSR count). The highest BCUT2D eigenvalue weighted by atomic mass is 35.5. The number of halogens is 3. The van der Waals surface area contributed by atoms with Crippen LogP contribution in [0.4, 0.5) is 16.8 Å². The molecule has 0 bridgehead atoms. The maximum Gasteiger partial charge on any atom is 0.195 e. The number of nitrogens with zero attached hydrogens (tertiary/aromatic N) is 7. The molecule has 0 aliphatic rings. The molecule has 7 nitrogen and oxygen atoms in total. The highest BCUT2D eigenvalue weighted by molar-refractivity contribution is 7.19. The second-order valence-corrected chi connectivity index (χ2v) is 12.2. The Morgan fingerprint density at radius 1 is 0.881 bits per heavy atom. The van der Waals surface area contributed by atoms with E-state index in [1.54, 1.807) is 29.5 Å². The van der Waals surface area contributed by atoms with E-state index in [9.17, 15) is 5.26 Å². The summed E-state index contributed by atoms with van der Waals surface area (Å²) in [7, 11) is 0. The average Bonchev–Trinajstić information content (AvgIpc) is 3.59. The van der Waals surface area contributed by atoms with Crippen molar-refractivity contribution in [3.8, 4) is 22.2 Å². The summed E-state index contributed by atoms with van der Waals surface area (Å²) in [5.41, 5.74) is 1.61. The summed E-state index contributed by atoms with van der Waals surface area (Å²) in [4.78, 5) is 8.24. The fraction of sp³-hybridized carbons (Fsp3) is 0.387. The van der Waals surface area contributed by atoms with E-state index in [4.69, 9.17) is 39.8 Å². The van der Waals surface area contributed by atoms with Crippen molar-refractivity contribution in [3.05, 3.63) is 69.3 Å². The summed E-state index contributed by atoms with van der Waals surface area (Å²) >= 11 is 20.7. The van der Waals surface area contributed by atoms with Crippen LogP contribution in [0.2, 0.25) is 15.1 Å². The van der Waals surface area contributed by atoms with Crippen LogP contribution >= 0.6 is 46.1 Å². The quantitative estimate of drug-likeness (QED) is 0.0954. The molecule has 4 aromatic rings. The number of para-hydroxylation sites is 1. The Balaban J connectivity index is 1.75. The highest BCUT2D eigenvalue weighted by Gasteiger charge is 2.20. The lowest BCUT2D eigenvalue weighted by Gasteiger charge is -2.21. The van der Waals surface area contributed by atoms with Crippen LogP contribution in [0.25, 0.3) is 16.1 Å². The van der Waals surface area contributed by atoms with Crippen LogP contribution in [-0.4, -0.2) is 27.9 Å². The summed E-state index contributed by atoms with van der Waals surface area (Å²) in [6.07, 6.45) is 10.9. The number of anilines is 1. The number of azo groups is 1. The molecule has 0 unspecified atom stereocenters. The number of hydrogen-bond donors (Lipinski definition) is 0. The largest absolute Gasteiger partial charge is 0.348 e. The van der Waals surface area contributed by atoms with Crippen molar-refractivity contribution in [1.82, 2.24) is 14.8 Å². The first-order chi connectivity index (χ1) is 20.5. The standard InChI is InChI=1S/C31H34Cl3N7S/c1-3-5-7-9-18-40(19-10-8-6-4-2)31-37-29(28(42-31)22-14-16-24(32)17-15-22)38-39-30-23(20-35)21-36-41(30)27-25(33)12-11-13-26(27)34/h11-17,21H,3-10,18-19H2,1-2H3. The Bertz CT molecular complexity index is 1490. The van der Waals surface area contributed by atoms with Crippen molar-refractivity contribution in [2.24, 2.45) is 10.2 Å². The minimum atomic E-state index is 0.222. The van der Waals surface area contributed by atoms with Gasteiger partial charge in [0.15, 0.2) is 16.8 Å². The Labute approximate surface area is 266 Å². The Kier molecular flexibility index (Phi) is 12.2. The van der Waals surface area contributed by atoms with Gasteiger partial charge in [-0.05, 0) is 42.7 Å². The van der Waals surface area contributed by atoms with Crippen LogP contribution < -0.4 is 4.90 Å². The van der Waals surface area contributed by atoms with Crippen LogP contribution in [-0.2, 0) is 0 Å². The van der Waals surface area contributed by atoms with Crippen LogP contribution in [0.5, 0.6) is 0 Å². The fourth-order valence-corrected chi connectivity index (χ4v) is 6.26. The van der Waals surface area contributed by atoms with Gasteiger partial charge in [0, 0.05) is 18.1 Å². The molecule has 0 saturated carbocycles. The monoisotopic (exact) mass is 641 g/mol. The molecule has 0 atom stereocenters. The third-order valence-corrected chi connectivity index (χ3v) is 8.81. The zero-order chi connectivity index (χ0) is 29.9. The highest BCUT2D eigenvalue weighted by Crippen LogP contribution is 2.42. The van der Waals surface area contributed by atoms with Gasteiger partial charge in [0.2, 0.25) is 0 Å². The number of nitriles is 1. The van der Waals surface area contributed by atoms with Gasteiger partial charge in [0.05, 0.1) is 21.1 Å². The third kappa shape index (κ3) is 8.11. The molecule has 0 amide bonds. The molecule has 2 aromatic carbocycles. The van der Waals surface area contributed by atoms with Crippen LogP contribution in [0.15, 0.2) is 58.9 Å². The summed E-state index contributed by atoms with van der Waals surface area (Å²) < 4.78 is 1.44. The third-order valence-electron chi connectivity index (χ3n) is 6.79. The topological polar surface area (TPSA) is 82.5 Å². The van der Waals surface area contributed by atoms with Gasteiger partial charge in [0.25, 0.3) is 0 Å². The molecule has 11 heteroatoms. The normalized spacial score (nSPS) is 11.3. The summed E-state index contributed by atoms with van der Waals surface area (Å²) in [6, 6.07) is 14.9. The lowest BCUT2D eigenvalue weighted by atomic mass is 10.2. The van der Waals surface area contributed by atoms with Crippen molar-refractivity contribution in [2.75, 3.05) is 18.0 Å².